The lowest BCUT2D eigenvalue weighted by atomic mass is 10.2. The summed E-state index contributed by atoms with van der Waals surface area (Å²) in [5.74, 6) is 0.0337. The van der Waals surface area contributed by atoms with Gasteiger partial charge in [-0.25, -0.2) is 13.1 Å². The number of sulfonamides is 1. The van der Waals surface area contributed by atoms with E-state index in [2.05, 4.69) is 20.1 Å². The highest BCUT2D eigenvalue weighted by Crippen LogP contribution is 2.23. The Bertz CT molecular complexity index is 1360. The molecule has 4 rings (SSSR count). The number of rotatable bonds is 7. The van der Waals surface area contributed by atoms with Crippen molar-refractivity contribution in [2.24, 2.45) is 4.99 Å². The minimum atomic E-state index is -3.77. The van der Waals surface area contributed by atoms with Gasteiger partial charge in [0.25, 0.3) is 10.0 Å². The van der Waals surface area contributed by atoms with Gasteiger partial charge in [0.2, 0.25) is 5.91 Å². The Kier molecular flexibility index (Phi) is 7.14. The third-order valence-electron chi connectivity index (χ3n) is 5.22. The minimum absolute atomic E-state index is 0.0463. The molecule has 0 saturated heterocycles. The molecule has 0 saturated carbocycles. The molecule has 1 aliphatic rings. The van der Waals surface area contributed by atoms with Gasteiger partial charge >= 0.3 is 0 Å². The number of nitrogens with zero attached hydrogens (tertiary/aromatic N) is 3. The Balaban J connectivity index is 1.44. The van der Waals surface area contributed by atoms with Crippen molar-refractivity contribution < 1.29 is 13.2 Å². The maximum atomic E-state index is 12.6. The molecule has 0 spiro atoms. The van der Waals surface area contributed by atoms with E-state index in [1.165, 1.54) is 18.2 Å². The van der Waals surface area contributed by atoms with Crippen LogP contribution in [-0.2, 0) is 21.4 Å². The van der Waals surface area contributed by atoms with Gasteiger partial charge in [-0.05, 0) is 43.2 Å². The van der Waals surface area contributed by atoms with Crippen molar-refractivity contribution in [2.45, 2.75) is 31.2 Å². The Hall–Kier alpha value is -3.43. The van der Waals surface area contributed by atoms with Gasteiger partial charge in [0.1, 0.15) is 11.0 Å². The summed E-state index contributed by atoms with van der Waals surface area (Å²) in [5.41, 5.74) is 2.75. The van der Waals surface area contributed by atoms with Crippen molar-refractivity contribution in [3.63, 3.8) is 0 Å². The molecule has 0 aliphatic carbocycles. The number of aliphatic imine (C=N–C) groups is 1. The molecule has 0 bridgehead atoms. The van der Waals surface area contributed by atoms with Crippen LogP contribution in [-0.4, -0.2) is 36.5 Å². The van der Waals surface area contributed by atoms with E-state index in [1.807, 2.05) is 37.3 Å². The Morgan fingerprint density at radius 3 is 2.71 bits per heavy atom. The lowest BCUT2D eigenvalue weighted by Crippen LogP contribution is -2.29. The number of anilines is 1. The first-order chi connectivity index (χ1) is 16.3. The van der Waals surface area contributed by atoms with Gasteiger partial charge in [-0.3, -0.25) is 14.5 Å². The van der Waals surface area contributed by atoms with Gasteiger partial charge in [-0.15, -0.1) is 0 Å². The largest absolute Gasteiger partial charge is 0.322 e. The molecule has 1 amide bonds. The van der Waals surface area contributed by atoms with Crippen LogP contribution in [0.3, 0.4) is 0 Å². The molecule has 1 aliphatic heterocycles. The van der Waals surface area contributed by atoms with Crippen molar-refractivity contribution in [3.05, 3.63) is 82.6 Å². The second kappa shape index (κ2) is 10.2. The molecule has 8 nitrogen and oxygen atoms in total. The SMILES string of the molecule is Cc1nn(Cc2ccccc2)c(Cl)c1/C=C/C(=O)Nc1cccc(S(=O)(=O)NC2=NCCC2)c1. The number of amidine groups is 1. The van der Waals surface area contributed by atoms with Gasteiger partial charge in [0, 0.05) is 30.3 Å². The highest BCUT2D eigenvalue weighted by Gasteiger charge is 2.19. The van der Waals surface area contributed by atoms with Gasteiger partial charge in [0.15, 0.2) is 0 Å². The number of halogens is 1. The van der Waals surface area contributed by atoms with Crippen LogP contribution >= 0.6 is 11.6 Å². The van der Waals surface area contributed by atoms with E-state index < -0.39 is 15.9 Å². The fraction of sp³-hybridized carbons (Fsp3) is 0.208. The van der Waals surface area contributed by atoms with Crippen molar-refractivity contribution in [2.75, 3.05) is 11.9 Å². The van der Waals surface area contributed by atoms with Crippen LogP contribution in [0.4, 0.5) is 5.69 Å². The molecular weight excluding hydrogens is 474 g/mol. The van der Waals surface area contributed by atoms with E-state index in [9.17, 15) is 13.2 Å². The van der Waals surface area contributed by atoms with Crippen molar-refractivity contribution in [3.8, 4) is 0 Å². The van der Waals surface area contributed by atoms with Crippen LogP contribution in [0.1, 0.15) is 29.7 Å². The first-order valence-electron chi connectivity index (χ1n) is 10.7. The predicted molar refractivity (Wildman–Crippen MR) is 133 cm³/mol. The highest BCUT2D eigenvalue weighted by atomic mass is 35.5. The third kappa shape index (κ3) is 5.73. The molecule has 0 fully saturated rings. The molecule has 0 radical (unpaired) electrons. The number of hydrogen-bond acceptors (Lipinski definition) is 5. The topological polar surface area (TPSA) is 105 Å². The number of aryl methyl sites for hydroxylation is 1. The molecule has 2 aromatic carbocycles. The zero-order chi connectivity index (χ0) is 24.1. The first-order valence-corrected chi connectivity index (χ1v) is 12.6. The summed E-state index contributed by atoms with van der Waals surface area (Å²) >= 11 is 6.50. The normalized spacial score (nSPS) is 13.8. The molecule has 1 aromatic heterocycles. The summed E-state index contributed by atoms with van der Waals surface area (Å²) in [7, 11) is -3.77. The van der Waals surface area contributed by atoms with Crippen molar-refractivity contribution in [1.82, 2.24) is 14.5 Å². The molecular formula is C24H24ClN5O3S. The van der Waals surface area contributed by atoms with Gasteiger partial charge in [-0.2, -0.15) is 5.10 Å². The second-order valence-corrected chi connectivity index (χ2v) is 9.86. The molecule has 0 atom stereocenters. The van der Waals surface area contributed by atoms with Crippen LogP contribution in [0.25, 0.3) is 6.08 Å². The zero-order valence-corrected chi connectivity index (χ0v) is 20.1. The summed E-state index contributed by atoms with van der Waals surface area (Å²) in [6.45, 7) is 2.96. The standard InChI is InChI=1S/C24H24ClN5O3S/c1-17-21(24(25)30(28-17)16-18-7-3-2-4-8-18)12-13-23(31)27-19-9-5-10-20(15-19)34(32,33)29-22-11-6-14-26-22/h2-5,7-10,12-13,15H,6,11,14,16H2,1H3,(H,26,29)(H,27,31)/b13-12+. The maximum absolute atomic E-state index is 12.6. The number of aromatic nitrogens is 2. The zero-order valence-electron chi connectivity index (χ0n) is 18.5. The Morgan fingerprint density at radius 2 is 1.97 bits per heavy atom. The van der Waals surface area contributed by atoms with Gasteiger partial charge < -0.3 is 5.32 Å². The van der Waals surface area contributed by atoms with Crippen molar-refractivity contribution in [1.29, 1.82) is 0 Å². The molecule has 34 heavy (non-hydrogen) atoms. The summed E-state index contributed by atoms with van der Waals surface area (Å²) < 4.78 is 29.4. The molecule has 0 unspecified atom stereocenters. The maximum Gasteiger partial charge on any atom is 0.262 e. The molecule has 2 heterocycles. The van der Waals surface area contributed by atoms with Crippen LogP contribution in [0.2, 0.25) is 5.15 Å². The summed E-state index contributed by atoms with van der Waals surface area (Å²) in [6.07, 6.45) is 4.37. The lowest BCUT2D eigenvalue weighted by molar-refractivity contribution is -0.111. The van der Waals surface area contributed by atoms with E-state index >= 15 is 0 Å². The molecule has 176 valence electrons. The second-order valence-electron chi connectivity index (χ2n) is 7.82. The molecule has 10 heteroatoms. The molecule has 2 N–H and O–H groups in total. The number of amides is 1. The van der Waals surface area contributed by atoms with E-state index in [1.54, 1.807) is 22.9 Å². The predicted octanol–water partition coefficient (Wildman–Crippen LogP) is 4.02. The third-order valence-corrected chi connectivity index (χ3v) is 7.00. The monoisotopic (exact) mass is 497 g/mol. The fourth-order valence-electron chi connectivity index (χ4n) is 3.54. The van der Waals surface area contributed by atoms with Crippen LogP contribution < -0.4 is 10.0 Å². The summed E-state index contributed by atoms with van der Waals surface area (Å²) in [4.78, 5) is 16.7. The Morgan fingerprint density at radius 1 is 1.18 bits per heavy atom. The van der Waals surface area contributed by atoms with Crippen LogP contribution in [0, 0.1) is 6.92 Å². The average molecular weight is 498 g/mol. The summed E-state index contributed by atoms with van der Waals surface area (Å²) in [5, 5.41) is 7.58. The van der Waals surface area contributed by atoms with Crippen LogP contribution in [0.15, 0.2) is 70.6 Å². The first kappa shape index (κ1) is 23.7. The average Bonchev–Trinajstić information content (AvgIpc) is 3.40. The number of benzene rings is 2. The number of nitrogens with one attached hydrogen (secondary N) is 2. The van der Waals surface area contributed by atoms with Crippen LogP contribution in [0.5, 0.6) is 0 Å². The number of carbonyl (C=O) groups excluding carboxylic acids is 1. The van der Waals surface area contributed by atoms with E-state index in [-0.39, 0.29) is 4.90 Å². The van der Waals surface area contributed by atoms with E-state index in [4.69, 9.17) is 11.6 Å². The smallest absolute Gasteiger partial charge is 0.262 e. The van der Waals surface area contributed by atoms with Gasteiger partial charge in [-0.1, -0.05) is 48.0 Å². The molecule has 3 aromatic rings. The fourth-order valence-corrected chi connectivity index (χ4v) is 4.97. The lowest BCUT2D eigenvalue weighted by Gasteiger charge is -2.09. The number of hydrogen-bond donors (Lipinski definition) is 2. The summed E-state index contributed by atoms with van der Waals surface area (Å²) in [6, 6.07) is 15.9. The number of carbonyl (C=O) groups is 1. The van der Waals surface area contributed by atoms with Crippen molar-refractivity contribution >= 4 is 45.1 Å². The minimum Gasteiger partial charge on any atom is -0.322 e. The quantitative estimate of drug-likeness (QED) is 0.481. The van der Waals surface area contributed by atoms with Gasteiger partial charge in [0.05, 0.1) is 17.1 Å². The highest BCUT2D eigenvalue weighted by molar-refractivity contribution is 7.90. The Labute approximate surface area is 203 Å². The van der Waals surface area contributed by atoms with E-state index in [0.29, 0.717) is 47.4 Å². The van der Waals surface area contributed by atoms with E-state index in [0.717, 1.165) is 12.0 Å².